The molecule has 0 aliphatic carbocycles. The maximum absolute atomic E-state index is 11.9. The van der Waals surface area contributed by atoms with E-state index in [9.17, 15) is 9.90 Å². The Labute approximate surface area is 174 Å². The van der Waals surface area contributed by atoms with Gasteiger partial charge in [0, 0.05) is 48.9 Å². The third-order valence-electron chi connectivity index (χ3n) is 6.21. The summed E-state index contributed by atoms with van der Waals surface area (Å²) < 4.78 is 5.59. The molecular formula is C23H24N4O3. The third kappa shape index (κ3) is 3.15. The molecule has 1 amide bonds. The summed E-state index contributed by atoms with van der Waals surface area (Å²) in [5.74, 6) is 0.770. The number of hydrogen-bond donors (Lipinski definition) is 2. The van der Waals surface area contributed by atoms with E-state index in [1.807, 2.05) is 18.2 Å². The van der Waals surface area contributed by atoms with E-state index in [1.54, 1.807) is 17.0 Å². The van der Waals surface area contributed by atoms with Gasteiger partial charge in [0.05, 0.1) is 5.69 Å². The second-order valence-corrected chi connectivity index (χ2v) is 7.99. The minimum Gasteiger partial charge on any atom is -0.507 e. The normalized spacial score (nSPS) is 17.8. The van der Waals surface area contributed by atoms with Crippen LogP contribution >= 0.6 is 0 Å². The predicted octanol–water partition coefficient (Wildman–Crippen LogP) is 3.34. The molecule has 30 heavy (non-hydrogen) atoms. The molecule has 2 aliphatic heterocycles. The molecule has 7 nitrogen and oxygen atoms in total. The van der Waals surface area contributed by atoms with Crippen molar-refractivity contribution in [1.82, 2.24) is 20.1 Å². The fraction of sp³-hybridized carbons (Fsp3) is 0.348. The number of rotatable bonds is 4. The van der Waals surface area contributed by atoms with Crippen molar-refractivity contribution in [2.75, 3.05) is 26.3 Å². The summed E-state index contributed by atoms with van der Waals surface area (Å²) in [5, 5.41) is 20.1. The van der Waals surface area contributed by atoms with Gasteiger partial charge in [0.1, 0.15) is 5.75 Å². The molecule has 0 radical (unpaired) electrons. The van der Waals surface area contributed by atoms with Crippen molar-refractivity contribution in [3.05, 3.63) is 54.2 Å². The maximum atomic E-state index is 11.9. The van der Waals surface area contributed by atoms with Crippen LogP contribution in [0.1, 0.15) is 35.9 Å². The molecular weight excluding hydrogens is 380 g/mol. The molecule has 154 valence electrons. The number of ether oxygens (including phenoxy) is 1. The maximum Gasteiger partial charge on any atom is 0.245 e. The highest BCUT2D eigenvalue weighted by Crippen LogP contribution is 2.41. The van der Waals surface area contributed by atoms with Gasteiger partial charge in [-0.2, -0.15) is 0 Å². The number of likely N-dealkylation sites (tertiary alicyclic amines) is 1. The smallest absolute Gasteiger partial charge is 0.245 e. The molecule has 1 aromatic carbocycles. The number of aromatic nitrogens is 3. The molecule has 0 bridgehead atoms. The minimum atomic E-state index is -0.0309. The quantitative estimate of drug-likeness (QED) is 0.651. The summed E-state index contributed by atoms with van der Waals surface area (Å²) in [4.78, 5) is 17.2. The lowest BCUT2D eigenvalue weighted by Crippen LogP contribution is -2.48. The van der Waals surface area contributed by atoms with E-state index in [4.69, 9.17) is 4.74 Å². The van der Waals surface area contributed by atoms with E-state index in [0.29, 0.717) is 30.3 Å². The van der Waals surface area contributed by atoms with E-state index >= 15 is 0 Å². The number of nitrogens with one attached hydrogen (secondary N) is 1. The Morgan fingerprint density at radius 2 is 1.97 bits per heavy atom. The van der Waals surface area contributed by atoms with Gasteiger partial charge in [0.15, 0.2) is 5.65 Å². The van der Waals surface area contributed by atoms with Gasteiger partial charge in [0.2, 0.25) is 5.91 Å². The van der Waals surface area contributed by atoms with Crippen LogP contribution < -0.4 is 0 Å². The Morgan fingerprint density at radius 3 is 2.70 bits per heavy atom. The van der Waals surface area contributed by atoms with Crippen LogP contribution in [0.25, 0.3) is 22.3 Å². The number of H-pyrrole nitrogens is 1. The van der Waals surface area contributed by atoms with Gasteiger partial charge in [-0.3, -0.25) is 4.79 Å². The fourth-order valence-corrected chi connectivity index (χ4v) is 4.57. The number of amides is 1. The van der Waals surface area contributed by atoms with Crippen molar-refractivity contribution in [2.24, 2.45) is 0 Å². The number of aromatic amines is 1. The van der Waals surface area contributed by atoms with Crippen LogP contribution in [0.2, 0.25) is 0 Å². The first-order valence-electron chi connectivity index (χ1n) is 10.3. The predicted molar refractivity (Wildman–Crippen MR) is 113 cm³/mol. The van der Waals surface area contributed by atoms with Crippen molar-refractivity contribution < 1.29 is 14.6 Å². The number of phenolic OH excluding ortho intramolecular Hbond substituents is 1. The van der Waals surface area contributed by atoms with Crippen molar-refractivity contribution in [2.45, 2.75) is 24.7 Å². The Kier molecular flexibility index (Phi) is 4.75. The zero-order valence-corrected chi connectivity index (χ0v) is 16.7. The summed E-state index contributed by atoms with van der Waals surface area (Å²) >= 11 is 0. The highest BCUT2D eigenvalue weighted by Gasteiger charge is 2.36. The van der Waals surface area contributed by atoms with Crippen molar-refractivity contribution in [3.8, 4) is 17.0 Å². The Hall–Kier alpha value is -3.19. The highest BCUT2D eigenvalue weighted by atomic mass is 16.5. The molecule has 3 aromatic rings. The van der Waals surface area contributed by atoms with Gasteiger partial charge < -0.3 is 19.7 Å². The lowest BCUT2D eigenvalue weighted by atomic mass is 9.84. The second-order valence-electron chi connectivity index (χ2n) is 7.99. The van der Waals surface area contributed by atoms with E-state index in [2.05, 4.69) is 21.8 Å². The molecule has 2 aliphatic rings. The molecule has 2 aromatic heterocycles. The van der Waals surface area contributed by atoms with Gasteiger partial charge in [-0.05, 0) is 48.6 Å². The monoisotopic (exact) mass is 404 g/mol. The van der Waals surface area contributed by atoms with Crippen LogP contribution in [0, 0.1) is 0 Å². The average Bonchev–Trinajstić information content (AvgIpc) is 3.11. The third-order valence-corrected chi connectivity index (χ3v) is 6.21. The van der Waals surface area contributed by atoms with Gasteiger partial charge >= 0.3 is 0 Å². The van der Waals surface area contributed by atoms with Gasteiger partial charge in [-0.1, -0.05) is 18.7 Å². The molecule has 2 N–H and O–H groups in total. The van der Waals surface area contributed by atoms with Crippen LogP contribution in [0.3, 0.4) is 0 Å². The summed E-state index contributed by atoms with van der Waals surface area (Å²) in [7, 11) is 0. The standard InChI is InChI=1S/C23H24N4O3/c1-2-20(29)27-12-15(13-27)22-21(14-7-9-30-10-8-14)17-11-18(25-26-23(17)24-22)16-5-3-4-6-19(16)28/h2-6,11,14-15,28H,1,7-10,12-13H2,(H,24,26). The van der Waals surface area contributed by atoms with Crippen molar-refractivity contribution >= 4 is 16.9 Å². The fourth-order valence-electron chi connectivity index (χ4n) is 4.57. The van der Waals surface area contributed by atoms with Crippen molar-refractivity contribution in [3.63, 3.8) is 0 Å². The number of aromatic hydroxyl groups is 1. The van der Waals surface area contributed by atoms with Crippen LogP contribution in [0.15, 0.2) is 43.0 Å². The summed E-state index contributed by atoms with van der Waals surface area (Å²) in [6, 6.07) is 9.19. The lowest BCUT2D eigenvalue weighted by Gasteiger charge is -2.39. The first-order chi connectivity index (χ1) is 14.7. The van der Waals surface area contributed by atoms with E-state index in [0.717, 1.165) is 42.8 Å². The van der Waals surface area contributed by atoms with Crippen LogP contribution in [-0.2, 0) is 9.53 Å². The number of fused-ring (bicyclic) bond motifs is 1. The first kappa shape index (κ1) is 18.8. The summed E-state index contributed by atoms with van der Waals surface area (Å²) in [6.07, 6.45) is 3.28. The SMILES string of the molecule is C=CC(=O)N1CC(c2[nH]c3nnc(-c4ccccc4O)cc3c2C2CCOCC2)C1. The topological polar surface area (TPSA) is 91.3 Å². The number of carbonyl (C=O) groups excluding carboxylic acids is 1. The molecule has 0 spiro atoms. The number of hydrogen-bond acceptors (Lipinski definition) is 5. The van der Waals surface area contributed by atoms with E-state index in [-0.39, 0.29) is 17.6 Å². The zero-order chi connectivity index (χ0) is 20.7. The zero-order valence-electron chi connectivity index (χ0n) is 16.7. The molecule has 7 heteroatoms. The number of benzene rings is 1. The number of carbonyl (C=O) groups is 1. The summed E-state index contributed by atoms with van der Waals surface area (Å²) in [5.41, 5.74) is 4.47. The number of phenols is 1. The molecule has 0 unspecified atom stereocenters. The Balaban J connectivity index is 1.58. The second kappa shape index (κ2) is 7.57. The van der Waals surface area contributed by atoms with E-state index < -0.39 is 0 Å². The Bertz CT molecular complexity index is 1110. The largest absolute Gasteiger partial charge is 0.507 e. The number of para-hydroxylation sites is 1. The Morgan fingerprint density at radius 1 is 1.20 bits per heavy atom. The van der Waals surface area contributed by atoms with E-state index in [1.165, 1.54) is 11.6 Å². The lowest BCUT2D eigenvalue weighted by molar-refractivity contribution is -0.130. The van der Waals surface area contributed by atoms with Crippen molar-refractivity contribution in [1.29, 1.82) is 0 Å². The van der Waals surface area contributed by atoms with Crippen LogP contribution in [-0.4, -0.2) is 57.4 Å². The van der Waals surface area contributed by atoms with Gasteiger partial charge in [0.25, 0.3) is 0 Å². The molecule has 2 fully saturated rings. The van der Waals surface area contributed by atoms with Crippen LogP contribution in [0.4, 0.5) is 0 Å². The molecule has 0 atom stereocenters. The summed E-state index contributed by atoms with van der Waals surface area (Å²) in [6.45, 7) is 6.42. The number of nitrogens with zero attached hydrogens (tertiary/aromatic N) is 3. The van der Waals surface area contributed by atoms with Gasteiger partial charge in [-0.25, -0.2) is 0 Å². The first-order valence-corrected chi connectivity index (χ1v) is 10.3. The van der Waals surface area contributed by atoms with Gasteiger partial charge in [-0.15, -0.1) is 10.2 Å². The highest BCUT2D eigenvalue weighted by molar-refractivity contribution is 5.89. The average molecular weight is 404 g/mol. The molecule has 0 saturated carbocycles. The molecule has 2 saturated heterocycles. The molecule has 4 heterocycles. The minimum absolute atomic E-state index is 0.0309. The van der Waals surface area contributed by atoms with Crippen LogP contribution in [0.5, 0.6) is 5.75 Å². The molecule has 5 rings (SSSR count).